The SMILES string of the molecule is Cc1ccc(C(O)c2cc(Cl)cc3c2OCC3)cc1C. The quantitative estimate of drug-likeness (QED) is 0.906. The molecule has 0 amide bonds. The molecule has 3 rings (SSSR count). The van der Waals surface area contributed by atoms with Gasteiger partial charge in [-0.3, -0.25) is 0 Å². The van der Waals surface area contributed by atoms with Gasteiger partial charge in [-0.1, -0.05) is 29.8 Å². The molecule has 0 aromatic heterocycles. The van der Waals surface area contributed by atoms with Gasteiger partial charge in [0.2, 0.25) is 0 Å². The van der Waals surface area contributed by atoms with Gasteiger partial charge in [-0.2, -0.15) is 0 Å². The summed E-state index contributed by atoms with van der Waals surface area (Å²) in [6, 6.07) is 9.71. The third kappa shape index (κ3) is 2.30. The number of hydrogen-bond acceptors (Lipinski definition) is 2. The highest BCUT2D eigenvalue weighted by atomic mass is 35.5. The summed E-state index contributed by atoms with van der Waals surface area (Å²) in [4.78, 5) is 0. The smallest absolute Gasteiger partial charge is 0.128 e. The number of hydrogen-bond donors (Lipinski definition) is 1. The fourth-order valence-corrected chi connectivity index (χ4v) is 2.86. The molecular weight excluding hydrogens is 272 g/mol. The Morgan fingerprint density at radius 2 is 1.95 bits per heavy atom. The first-order chi connectivity index (χ1) is 9.56. The van der Waals surface area contributed by atoms with E-state index in [1.807, 2.05) is 31.2 Å². The van der Waals surface area contributed by atoms with Crippen molar-refractivity contribution in [3.05, 3.63) is 63.2 Å². The lowest BCUT2D eigenvalue weighted by molar-refractivity contribution is 0.213. The van der Waals surface area contributed by atoms with E-state index in [1.165, 1.54) is 11.1 Å². The van der Waals surface area contributed by atoms with Gasteiger partial charge in [0.1, 0.15) is 11.9 Å². The van der Waals surface area contributed by atoms with Crippen LogP contribution >= 0.6 is 11.6 Å². The Labute approximate surface area is 124 Å². The van der Waals surface area contributed by atoms with Crippen molar-refractivity contribution in [2.24, 2.45) is 0 Å². The Morgan fingerprint density at radius 1 is 1.15 bits per heavy atom. The molecule has 1 aliphatic rings. The highest BCUT2D eigenvalue weighted by molar-refractivity contribution is 6.30. The molecule has 0 fully saturated rings. The first-order valence-electron chi connectivity index (χ1n) is 6.76. The van der Waals surface area contributed by atoms with Gasteiger partial charge in [-0.25, -0.2) is 0 Å². The van der Waals surface area contributed by atoms with E-state index in [-0.39, 0.29) is 0 Å². The van der Waals surface area contributed by atoms with Crippen LogP contribution in [0.25, 0.3) is 0 Å². The van der Waals surface area contributed by atoms with E-state index in [9.17, 15) is 5.11 Å². The number of aryl methyl sites for hydroxylation is 2. The van der Waals surface area contributed by atoms with Gasteiger partial charge in [0.25, 0.3) is 0 Å². The van der Waals surface area contributed by atoms with Crippen LogP contribution < -0.4 is 4.74 Å². The van der Waals surface area contributed by atoms with E-state index >= 15 is 0 Å². The van der Waals surface area contributed by atoms with Crippen LogP contribution in [0.2, 0.25) is 5.02 Å². The van der Waals surface area contributed by atoms with Crippen LogP contribution in [0, 0.1) is 13.8 Å². The van der Waals surface area contributed by atoms with Gasteiger partial charge >= 0.3 is 0 Å². The van der Waals surface area contributed by atoms with E-state index in [0.717, 1.165) is 28.9 Å². The summed E-state index contributed by atoms with van der Waals surface area (Å²) in [7, 11) is 0. The second kappa shape index (κ2) is 5.12. The van der Waals surface area contributed by atoms with E-state index in [2.05, 4.69) is 6.92 Å². The van der Waals surface area contributed by atoms with Crippen LogP contribution in [0.5, 0.6) is 5.75 Å². The van der Waals surface area contributed by atoms with E-state index < -0.39 is 6.10 Å². The van der Waals surface area contributed by atoms with Gasteiger partial charge in [0, 0.05) is 17.0 Å². The first-order valence-corrected chi connectivity index (χ1v) is 7.14. The molecule has 1 unspecified atom stereocenters. The predicted octanol–water partition coefficient (Wildman–Crippen LogP) is 3.97. The van der Waals surface area contributed by atoms with E-state index in [4.69, 9.17) is 16.3 Å². The highest BCUT2D eigenvalue weighted by Gasteiger charge is 2.23. The van der Waals surface area contributed by atoms with Crippen molar-refractivity contribution in [2.75, 3.05) is 6.61 Å². The summed E-state index contributed by atoms with van der Waals surface area (Å²) in [6.45, 7) is 4.76. The molecule has 0 saturated heterocycles. The van der Waals surface area contributed by atoms with Crippen LogP contribution in [0.4, 0.5) is 0 Å². The van der Waals surface area contributed by atoms with Crippen molar-refractivity contribution >= 4 is 11.6 Å². The number of aliphatic hydroxyl groups excluding tert-OH is 1. The molecule has 1 aliphatic heterocycles. The molecule has 1 heterocycles. The standard InChI is InChI=1S/C17H17ClO2/c1-10-3-4-12(7-11(10)2)16(19)15-9-14(18)8-13-5-6-20-17(13)15/h3-4,7-9,16,19H,5-6H2,1-2H3. The maximum atomic E-state index is 10.7. The Bertz CT molecular complexity index is 664. The average Bonchev–Trinajstić information content (AvgIpc) is 2.88. The zero-order valence-corrected chi connectivity index (χ0v) is 12.4. The maximum Gasteiger partial charge on any atom is 0.128 e. The van der Waals surface area contributed by atoms with Crippen LogP contribution in [0.15, 0.2) is 30.3 Å². The molecular formula is C17H17ClO2. The number of aliphatic hydroxyl groups is 1. The lowest BCUT2D eigenvalue weighted by atomic mass is 9.96. The molecule has 0 saturated carbocycles. The van der Waals surface area contributed by atoms with E-state index in [1.54, 1.807) is 6.07 Å². The number of halogens is 1. The zero-order chi connectivity index (χ0) is 14.3. The Kier molecular flexibility index (Phi) is 3.45. The summed E-state index contributed by atoms with van der Waals surface area (Å²) >= 11 is 6.15. The summed E-state index contributed by atoms with van der Waals surface area (Å²) in [5.41, 5.74) is 5.09. The molecule has 2 aromatic rings. The maximum absolute atomic E-state index is 10.7. The Hall–Kier alpha value is -1.51. The minimum absolute atomic E-state index is 0.645. The highest BCUT2D eigenvalue weighted by Crippen LogP contribution is 2.38. The monoisotopic (exact) mass is 288 g/mol. The zero-order valence-electron chi connectivity index (χ0n) is 11.6. The number of rotatable bonds is 2. The van der Waals surface area contributed by atoms with Crippen molar-refractivity contribution in [3.63, 3.8) is 0 Å². The van der Waals surface area contributed by atoms with Crippen molar-refractivity contribution in [3.8, 4) is 5.75 Å². The van der Waals surface area contributed by atoms with Gasteiger partial charge < -0.3 is 9.84 Å². The van der Waals surface area contributed by atoms with Gasteiger partial charge in [0.05, 0.1) is 6.61 Å². The topological polar surface area (TPSA) is 29.5 Å². The van der Waals surface area contributed by atoms with Crippen LogP contribution in [0.1, 0.15) is 33.9 Å². The molecule has 3 heteroatoms. The van der Waals surface area contributed by atoms with Crippen LogP contribution in [-0.4, -0.2) is 11.7 Å². The predicted molar refractivity (Wildman–Crippen MR) is 80.6 cm³/mol. The van der Waals surface area contributed by atoms with E-state index in [0.29, 0.717) is 11.6 Å². The second-order valence-electron chi connectivity index (χ2n) is 5.33. The van der Waals surface area contributed by atoms with Crippen molar-refractivity contribution in [2.45, 2.75) is 26.4 Å². The average molecular weight is 289 g/mol. The van der Waals surface area contributed by atoms with Crippen LogP contribution in [-0.2, 0) is 6.42 Å². The fourth-order valence-electron chi connectivity index (χ4n) is 2.62. The molecule has 1 atom stereocenters. The summed E-state index contributed by atoms with van der Waals surface area (Å²) < 4.78 is 5.66. The lowest BCUT2D eigenvalue weighted by Crippen LogP contribution is -2.03. The second-order valence-corrected chi connectivity index (χ2v) is 5.76. The molecule has 0 aliphatic carbocycles. The van der Waals surface area contributed by atoms with Gasteiger partial charge in [0.15, 0.2) is 0 Å². The molecule has 104 valence electrons. The molecule has 2 aromatic carbocycles. The fraction of sp³-hybridized carbons (Fsp3) is 0.294. The minimum atomic E-state index is -0.708. The van der Waals surface area contributed by atoms with Crippen molar-refractivity contribution in [1.82, 2.24) is 0 Å². The molecule has 1 N–H and O–H groups in total. The van der Waals surface area contributed by atoms with Gasteiger partial charge in [-0.05, 0) is 48.2 Å². The summed E-state index contributed by atoms with van der Waals surface area (Å²) in [6.07, 6.45) is 0.141. The van der Waals surface area contributed by atoms with Crippen molar-refractivity contribution in [1.29, 1.82) is 0 Å². The molecule has 0 radical (unpaired) electrons. The molecule has 20 heavy (non-hydrogen) atoms. The van der Waals surface area contributed by atoms with Gasteiger partial charge in [-0.15, -0.1) is 0 Å². The number of benzene rings is 2. The molecule has 2 nitrogen and oxygen atoms in total. The first kappa shape index (κ1) is 13.5. The summed E-state index contributed by atoms with van der Waals surface area (Å²) in [5.74, 6) is 0.792. The Balaban J connectivity index is 2.06. The normalized spacial score (nSPS) is 14.8. The lowest BCUT2D eigenvalue weighted by Gasteiger charge is -2.16. The third-order valence-electron chi connectivity index (χ3n) is 3.92. The summed E-state index contributed by atoms with van der Waals surface area (Å²) in [5, 5.41) is 11.3. The number of fused-ring (bicyclic) bond motifs is 1. The minimum Gasteiger partial charge on any atom is -0.493 e. The Morgan fingerprint density at radius 3 is 2.70 bits per heavy atom. The largest absolute Gasteiger partial charge is 0.493 e. The molecule has 0 bridgehead atoms. The van der Waals surface area contributed by atoms with Crippen LogP contribution in [0.3, 0.4) is 0 Å². The third-order valence-corrected chi connectivity index (χ3v) is 4.14. The van der Waals surface area contributed by atoms with Crippen molar-refractivity contribution < 1.29 is 9.84 Å². The number of ether oxygens (including phenoxy) is 1. The molecule has 0 spiro atoms.